The molecule has 1 aliphatic heterocycles. The normalized spacial score (nSPS) is 12.1. The molecule has 1 heterocycles. The van der Waals surface area contributed by atoms with E-state index >= 15 is 0 Å². The number of nitrogens with one attached hydrogen (secondary N) is 1. The summed E-state index contributed by atoms with van der Waals surface area (Å²) in [5.41, 5.74) is 1.02. The summed E-state index contributed by atoms with van der Waals surface area (Å²) >= 11 is 0. The van der Waals surface area contributed by atoms with Crippen molar-refractivity contribution in [2.45, 2.75) is 13.8 Å². The van der Waals surface area contributed by atoms with E-state index in [0.29, 0.717) is 29.0 Å². The van der Waals surface area contributed by atoms with Crippen LogP contribution in [0.3, 0.4) is 0 Å². The van der Waals surface area contributed by atoms with Gasteiger partial charge in [-0.1, -0.05) is 0 Å². The van der Waals surface area contributed by atoms with Crippen LogP contribution >= 0.6 is 0 Å². The van der Waals surface area contributed by atoms with Crippen LogP contribution in [0.25, 0.3) is 6.08 Å². The summed E-state index contributed by atoms with van der Waals surface area (Å²) in [5.74, 6) is 0.373. The number of phenols is 1. The molecular weight excluding hydrogens is 477 g/mol. The second-order valence-corrected chi connectivity index (χ2v) is 4.00. The number of rotatable bonds is 4. The van der Waals surface area contributed by atoms with Gasteiger partial charge in [0.25, 0.3) is 0 Å². The van der Waals surface area contributed by atoms with Gasteiger partial charge in [-0.2, -0.15) is 0 Å². The second kappa shape index (κ2) is 7.09. The smallest absolute Gasteiger partial charge is 0.231 e. The second-order valence-electron chi connectivity index (χ2n) is 4.00. The number of hydrogen-bond acceptors (Lipinski definition) is 5. The Morgan fingerprint density at radius 1 is 1.35 bits per heavy atom. The summed E-state index contributed by atoms with van der Waals surface area (Å²) in [4.78, 5) is 22.0. The van der Waals surface area contributed by atoms with Crippen molar-refractivity contribution in [3.05, 3.63) is 22.9 Å². The predicted molar refractivity (Wildman–Crippen MR) is 67.2 cm³/mol. The van der Waals surface area contributed by atoms with Crippen molar-refractivity contribution in [2.75, 3.05) is 6.79 Å². The zero-order chi connectivity index (χ0) is 14.0. The minimum atomic E-state index is -0.261. The molecule has 0 saturated heterocycles. The first kappa shape index (κ1) is 17.0. The Morgan fingerprint density at radius 3 is 2.60 bits per heavy atom. The molecule has 0 aliphatic carbocycles. The number of fused-ring (bicyclic) bond motifs is 1. The molecule has 1 aromatic carbocycles. The van der Waals surface area contributed by atoms with E-state index in [1.807, 2.05) is 0 Å². The molecule has 0 bridgehead atoms. The van der Waals surface area contributed by atoms with Crippen LogP contribution in [0.4, 0.5) is 0 Å². The number of carbonyl (C=O) groups is 2. The maximum Gasteiger partial charge on any atom is 0.231 e. The Bertz CT molecular complexity index is 583. The number of ether oxygens (including phenoxy) is 2. The van der Waals surface area contributed by atoms with Gasteiger partial charge in [-0.3, -0.25) is 9.59 Å². The van der Waals surface area contributed by atoms with Crippen LogP contribution in [-0.2, 0) is 4.79 Å². The quantitative estimate of drug-likeness (QED) is 0.492. The van der Waals surface area contributed by atoms with Gasteiger partial charge < -0.3 is 19.9 Å². The minimum Gasteiger partial charge on any atom is -0.507 e. The monoisotopic (exact) mass is 490 g/mol. The zero-order valence-corrected chi connectivity index (χ0v) is 15.8. The standard InChI is InChI=1S/C13H13NO5.Ac/c1-7-11(17)9(3-4-14-5-15)10(8(2)16)13-12(7)18-6-19-13;/h3-5,17H,6H2,1-2H3,(H,14,15);/b4-3+;. The van der Waals surface area contributed by atoms with Crippen molar-refractivity contribution in [3.63, 3.8) is 0 Å². The molecule has 0 fully saturated rings. The summed E-state index contributed by atoms with van der Waals surface area (Å²) in [7, 11) is 0. The number of amides is 1. The molecule has 1 aliphatic rings. The summed E-state index contributed by atoms with van der Waals surface area (Å²) in [6, 6.07) is 0. The molecule has 0 unspecified atom stereocenters. The minimum absolute atomic E-state index is 0. The number of aromatic hydroxyl groups is 1. The van der Waals surface area contributed by atoms with Crippen LogP contribution < -0.4 is 14.8 Å². The van der Waals surface area contributed by atoms with Crippen molar-refractivity contribution in [2.24, 2.45) is 0 Å². The van der Waals surface area contributed by atoms with E-state index in [-0.39, 0.29) is 68.0 Å². The van der Waals surface area contributed by atoms with E-state index in [9.17, 15) is 14.7 Å². The fraction of sp³-hybridized carbons (Fsp3) is 0.231. The van der Waals surface area contributed by atoms with Gasteiger partial charge in [0.15, 0.2) is 17.3 Å². The van der Waals surface area contributed by atoms with Crippen molar-refractivity contribution < 1.29 is 68.2 Å². The summed E-state index contributed by atoms with van der Waals surface area (Å²) in [5, 5.41) is 12.5. The molecule has 2 N–H and O–H groups in total. The number of Topliss-reactive ketones (excluding diaryl/α,β-unsaturated/α-hetero) is 1. The summed E-state index contributed by atoms with van der Waals surface area (Å²) in [6.45, 7) is 3.05. The van der Waals surface area contributed by atoms with E-state index < -0.39 is 0 Å². The fourth-order valence-electron chi connectivity index (χ4n) is 1.98. The number of benzene rings is 1. The first-order valence-electron chi connectivity index (χ1n) is 5.60. The van der Waals surface area contributed by atoms with Gasteiger partial charge in [0.1, 0.15) is 5.75 Å². The molecule has 103 valence electrons. The van der Waals surface area contributed by atoms with Crippen LogP contribution in [0.15, 0.2) is 6.20 Å². The number of hydrogen-bond donors (Lipinski definition) is 2. The van der Waals surface area contributed by atoms with Crippen LogP contribution in [-0.4, -0.2) is 24.1 Å². The Kier molecular flexibility index (Phi) is 6.03. The van der Waals surface area contributed by atoms with Crippen LogP contribution in [0.1, 0.15) is 28.4 Å². The topological polar surface area (TPSA) is 84.9 Å². The third-order valence-electron chi connectivity index (χ3n) is 2.83. The molecule has 0 saturated carbocycles. The zero-order valence-electron chi connectivity index (χ0n) is 11.1. The maximum absolute atomic E-state index is 11.8. The molecule has 20 heavy (non-hydrogen) atoms. The molecule has 1 radical (unpaired) electrons. The third-order valence-corrected chi connectivity index (χ3v) is 2.83. The molecule has 1 aromatic rings. The van der Waals surface area contributed by atoms with E-state index in [1.54, 1.807) is 6.92 Å². The van der Waals surface area contributed by atoms with Gasteiger partial charge in [-0.05, 0) is 19.9 Å². The number of phenolic OH excluding ortho intramolecular Hbond substituents is 1. The Balaban J connectivity index is 0.00000200. The Labute approximate surface area is 151 Å². The first-order chi connectivity index (χ1) is 9.07. The molecule has 0 atom stereocenters. The average Bonchev–Trinajstić information content (AvgIpc) is 2.84. The van der Waals surface area contributed by atoms with Gasteiger partial charge in [0.2, 0.25) is 13.2 Å². The van der Waals surface area contributed by atoms with Gasteiger partial charge in [-0.25, -0.2) is 0 Å². The molecule has 7 heteroatoms. The predicted octanol–water partition coefficient (Wildman–Crippen LogP) is 1.35. The van der Waals surface area contributed by atoms with Crippen LogP contribution in [0.2, 0.25) is 0 Å². The molecular formula is C13H13AcNO5. The Morgan fingerprint density at radius 2 is 2.00 bits per heavy atom. The van der Waals surface area contributed by atoms with E-state index in [0.717, 1.165) is 0 Å². The average molecular weight is 490 g/mol. The SMILES string of the molecule is CC(=O)c1c(/C=C/NC=O)c(O)c(C)c2c1OCO2.[Ac]. The van der Waals surface area contributed by atoms with Gasteiger partial charge >= 0.3 is 0 Å². The molecule has 1 amide bonds. The Hall–Kier alpha value is -1.06. The van der Waals surface area contributed by atoms with Gasteiger partial charge in [0, 0.05) is 61.4 Å². The maximum atomic E-state index is 11.8. The van der Waals surface area contributed by atoms with Crippen LogP contribution in [0.5, 0.6) is 17.2 Å². The van der Waals surface area contributed by atoms with Crippen molar-refractivity contribution in [3.8, 4) is 17.2 Å². The largest absolute Gasteiger partial charge is 0.507 e. The van der Waals surface area contributed by atoms with Crippen molar-refractivity contribution >= 4 is 18.3 Å². The van der Waals surface area contributed by atoms with E-state index in [4.69, 9.17) is 9.47 Å². The van der Waals surface area contributed by atoms with Gasteiger partial charge in [-0.15, -0.1) is 0 Å². The molecule has 0 spiro atoms. The molecule has 6 nitrogen and oxygen atoms in total. The van der Waals surface area contributed by atoms with Crippen molar-refractivity contribution in [1.82, 2.24) is 5.32 Å². The van der Waals surface area contributed by atoms with Crippen LogP contribution in [0, 0.1) is 51.0 Å². The van der Waals surface area contributed by atoms with Gasteiger partial charge in [0.05, 0.1) is 5.56 Å². The molecule has 2 rings (SSSR count). The number of ketones is 1. The fourth-order valence-corrected chi connectivity index (χ4v) is 1.98. The summed E-state index contributed by atoms with van der Waals surface area (Å²) < 4.78 is 10.5. The van der Waals surface area contributed by atoms with E-state index in [1.165, 1.54) is 19.2 Å². The van der Waals surface area contributed by atoms with Crippen molar-refractivity contribution in [1.29, 1.82) is 0 Å². The molecule has 0 aromatic heterocycles. The third kappa shape index (κ3) is 2.99. The van der Waals surface area contributed by atoms with E-state index in [2.05, 4.69) is 5.32 Å². The summed E-state index contributed by atoms with van der Waals surface area (Å²) in [6.07, 6.45) is 3.26. The number of carbonyl (C=O) groups excluding carboxylic acids is 2. The first-order valence-corrected chi connectivity index (χ1v) is 5.60.